The van der Waals surface area contributed by atoms with Gasteiger partial charge in [0.15, 0.2) is 17.5 Å². The molecule has 0 bridgehead atoms. The molecule has 5 atom stereocenters. The fourth-order valence-electron chi connectivity index (χ4n) is 3.04. The minimum atomic E-state index is -1.03. The van der Waals surface area contributed by atoms with Gasteiger partial charge in [0.2, 0.25) is 16.5 Å². The molecule has 1 aromatic rings. The largest absolute Gasteiger partial charge is 0.477 e. The lowest BCUT2D eigenvalue weighted by Crippen LogP contribution is -2.61. The standard InChI is InChI=1S/C15H13N3O4S/c19-12-9(7-4-2-1-3-5-7)16-13(20)11(17-12)14-18-10(15(21)22)8-6-23(8)14/h1-5,8-9,11,14H,6H2,(H2-,16,17,19,20,21,22)/p+1/t8?,9?,11-,14-,23?/m1/s1. The van der Waals surface area contributed by atoms with Crippen LogP contribution in [-0.4, -0.2) is 51.0 Å². The van der Waals surface area contributed by atoms with Crippen molar-refractivity contribution in [2.75, 3.05) is 5.75 Å². The molecular weight excluding hydrogens is 318 g/mol. The summed E-state index contributed by atoms with van der Waals surface area (Å²) in [5.74, 6) is -0.881. The maximum absolute atomic E-state index is 12.4. The van der Waals surface area contributed by atoms with Crippen LogP contribution < -0.4 is 10.6 Å². The first-order chi connectivity index (χ1) is 11.1. The highest BCUT2D eigenvalue weighted by atomic mass is 32.2. The molecule has 7 nitrogen and oxygen atoms in total. The van der Waals surface area contributed by atoms with Crippen molar-refractivity contribution in [2.24, 2.45) is 4.99 Å². The van der Waals surface area contributed by atoms with Gasteiger partial charge in [-0.1, -0.05) is 30.3 Å². The quantitative estimate of drug-likeness (QED) is 0.498. The van der Waals surface area contributed by atoms with Crippen LogP contribution in [0.5, 0.6) is 0 Å². The van der Waals surface area contributed by atoms with E-state index >= 15 is 0 Å². The van der Waals surface area contributed by atoms with Gasteiger partial charge >= 0.3 is 5.97 Å². The minimum absolute atomic E-state index is 0.0472. The summed E-state index contributed by atoms with van der Waals surface area (Å²) in [6.45, 7) is 0. The molecular formula is C15H14N3O4S+. The van der Waals surface area contributed by atoms with Crippen molar-refractivity contribution in [1.82, 2.24) is 10.6 Å². The minimum Gasteiger partial charge on any atom is -0.477 e. The van der Waals surface area contributed by atoms with E-state index in [-0.39, 0.29) is 33.7 Å². The SMILES string of the molecule is O=C(O)C1=N[C@@H]([C@@H]2NC(=O)C(c3ccccc3)NC2=O)[S+]2CC12. The topological polar surface area (TPSA) is 108 Å². The summed E-state index contributed by atoms with van der Waals surface area (Å²) in [7, 11) is -0.244. The Balaban J connectivity index is 1.55. The summed E-state index contributed by atoms with van der Waals surface area (Å²) in [5.41, 5.74) is 0.857. The number of aliphatic carboxylic acids is 1. The zero-order chi connectivity index (χ0) is 16.1. The molecule has 8 heteroatoms. The number of hydrogen-bond acceptors (Lipinski definition) is 4. The van der Waals surface area contributed by atoms with Crippen LogP contribution in [0.4, 0.5) is 0 Å². The summed E-state index contributed by atoms with van der Waals surface area (Å²) >= 11 is 0. The Morgan fingerprint density at radius 3 is 2.57 bits per heavy atom. The molecule has 3 aliphatic heterocycles. The van der Waals surface area contributed by atoms with Gasteiger partial charge in [-0.15, -0.1) is 0 Å². The van der Waals surface area contributed by atoms with Gasteiger partial charge in [0, 0.05) is 10.9 Å². The van der Waals surface area contributed by atoms with Gasteiger partial charge in [0.1, 0.15) is 6.04 Å². The van der Waals surface area contributed by atoms with E-state index in [0.29, 0.717) is 5.56 Å². The molecule has 3 unspecified atom stereocenters. The molecule has 2 fully saturated rings. The van der Waals surface area contributed by atoms with Gasteiger partial charge in [-0.3, -0.25) is 9.59 Å². The Bertz CT molecular complexity index is 735. The fourth-order valence-corrected chi connectivity index (χ4v) is 5.47. The van der Waals surface area contributed by atoms with E-state index in [9.17, 15) is 14.4 Å². The summed E-state index contributed by atoms with van der Waals surface area (Å²) < 4.78 is 0. The van der Waals surface area contributed by atoms with Gasteiger partial charge in [-0.05, 0) is 5.56 Å². The van der Waals surface area contributed by atoms with E-state index in [1.807, 2.05) is 6.07 Å². The number of aliphatic imine (C=N–C) groups is 1. The number of nitrogens with zero attached hydrogens (tertiary/aromatic N) is 1. The molecule has 2 saturated heterocycles. The third-order valence-electron chi connectivity index (χ3n) is 4.24. The number of hydrogen-bond donors (Lipinski definition) is 3. The summed E-state index contributed by atoms with van der Waals surface area (Å²) in [6, 6.07) is 7.49. The van der Waals surface area contributed by atoms with E-state index in [1.165, 1.54) is 0 Å². The Labute approximate surface area is 134 Å². The number of nitrogens with one attached hydrogen (secondary N) is 2. The molecule has 2 amide bonds. The van der Waals surface area contributed by atoms with Crippen LogP contribution in [0.3, 0.4) is 0 Å². The van der Waals surface area contributed by atoms with Crippen molar-refractivity contribution < 1.29 is 19.5 Å². The molecule has 3 N–H and O–H groups in total. The van der Waals surface area contributed by atoms with Crippen LogP contribution in [0.2, 0.25) is 0 Å². The first-order valence-corrected chi connectivity index (χ1v) is 8.73. The van der Waals surface area contributed by atoms with E-state index in [4.69, 9.17) is 5.11 Å². The second-order valence-corrected chi connectivity index (χ2v) is 8.00. The predicted molar refractivity (Wildman–Crippen MR) is 84.1 cm³/mol. The smallest absolute Gasteiger partial charge is 0.355 e. The van der Waals surface area contributed by atoms with Crippen LogP contribution in [0.15, 0.2) is 35.3 Å². The Morgan fingerprint density at radius 1 is 1.17 bits per heavy atom. The average molecular weight is 332 g/mol. The first-order valence-electron chi connectivity index (χ1n) is 7.21. The number of carboxylic acids is 1. The van der Waals surface area contributed by atoms with Gasteiger partial charge in [0.05, 0.1) is 0 Å². The summed E-state index contributed by atoms with van der Waals surface area (Å²) in [4.78, 5) is 40.1. The molecule has 3 heterocycles. The molecule has 23 heavy (non-hydrogen) atoms. The van der Waals surface area contributed by atoms with Crippen LogP contribution in [-0.2, 0) is 25.3 Å². The highest BCUT2D eigenvalue weighted by Gasteiger charge is 2.68. The van der Waals surface area contributed by atoms with Crippen LogP contribution in [0.1, 0.15) is 11.6 Å². The molecule has 0 radical (unpaired) electrons. The van der Waals surface area contributed by atoms with E-state index < -0.39 is 23.4 Å². The van der Waals surface area contributed by atoms with Crippen molar-refractivity contribution in [3.05, 3.63) is 35.9 Å². The highest BCUT2D eigenvalue weighted by Crippen LogP contribution is 2.40. The molecule has 1 aromatic carbocycles. The van der Waals surface area contributed by atoms with E-state index in [2.05, 4.69) is 15.6 Å². The van der Waals surface area contributed by atoms with Crippen molar-refractivity contribution in [3.63, 3.8) is 0 Å². The molecule has 0 saturated carbocycles. The Hall–Kier alpha value is -2.35. The van der Waals surface area contributed by atoms with Crippen molar-refractivity contribution >= 4 is 34.4 Å². The van der Waals surface area contributed by atoms with Crippen LogP contribution in [0.25, 0.3) is 0 Å². The first kappa shape index (κ1) is 14.3. The second-order valence-electron chi connectivity index (χ2n) is 5.67. The number of rotatable bonds is 3. The molecule has 3 aliphatic rings. The molecule has 0 aromatic heterocycles. The monoisotopic (exact) mass is 332 g/mol. The Kier molecular flexibility index (Phi) is 3.15. The molecule has 4 rings (SSSR count). The number of carbonyl (C=O) groups excluding carboxylic acids is 2. The lowest BCUT2D eigenvalue weighted by Gasteiger charge is -2.30. The maximum Gasteiger partial charge on any atom is 0.355 e. The molecule has 0 spiro atoms. The normalized spacial score (nSPS) is 35.0. The van der Waals surface area contributed by atoms with Crippen molar-refractivity contribution in [1.29, 1.82) is 0 Å². The van der Waals surface area contributed by atoms with Crippen LogP contribution in [0, 0.1) is 0 Å². The number of carbonyl (C=O) groups is 3. The summed E-state index contributed by atoms with van der Waals surface area (Å²) in [5, 5.41) is 14.1. The van der Waals surface area contributed by atoms with Gasteiger partial charge in [0.25, 0.3) is 5.91 Å². The third-order valence-corrected chi connectivity index (χ3v) is 6.65. The number of benzene rings is 1. The van der Waals surface area contributed by atoms with Gasteiger partial charge in [-0.2, -0.15) is 0 Å². The second kappa shape index (κ2) is 5.09. The Morgan fingerprint density at radius 2 is 1.91 bits per heavy atom. The number of carboxylic acid groups (broad SMARTS) is 1. The van der Waals surface area contributed by atoms with Gasteiger partial charge in [-0.25, -0.2) is 9.79 Å². The number of fused-ring (bicyclic) bond motifs is 1. The average Bonchev–Trinajstić information content (AvgIpc) is 3.24. The highest BCUT2D eigenvalue weighted by molar-refractivity contribution is 8.06. The molecule has 0 aliphatic carbocycles. The molecule has 118 valence electrons. The van der Waals surface area contributed by atoms with Gasteiger partial charge < -0.3 is 15.7 Å². The predicted octanol–water partition coefficient (Wildman–Crippen LogP) is -0.792. The fraction of sp³-hybridized carbons (Fsp3) is 0.333. The number of piperazine rings is 1. The zero-order valence-corrected chi connectivity index (χ0v) is 12.7. The zero-order valence-electron chi connectivity index (χ0n) is 11.9. The lowest BCUT2D eigenvalue weighted by molar-refractivity contribution is -0.136. The van der Waals surface area contributed by atoms with Crippen LogP contribution >= 0.6 is 0 Å². The number of amides is 2. The van der Waals surface area contributed by atoms with Crippen molar-refractivity contribution in [2.45, 2.75) is 22.7 Å². The summed E-state index contributed by atoms with van der Waals surface area (Å²) in [6.07, 6.45) is 0. The van der Waals surface area contributed by atoms with Crippen molar-refractivity contribution in [3.8, 4) is 0 Å². The maximum atomic E-state index is 12.4. The van der Waals surface area contributed by atoms with E-state index in [1.54, 1.807) is 24.3 Å². The van der Waals surface area contributed by atoms with E-state index in [0.717, 1.165) is 5.75 Å². The lowest BCUT2D eigenvalue weighted by atomic mass is 10.0. The third kappa shape index (κ3) is 2.29.